The molecule has 0 aliphatic heterocycles. The third kappa shape index (κ3) is 4.24. The van der Waals surface area contributed by atoms with Gasteiger partial charge in [-0.15, -0.1) is 0 Å². The van der Waals surface area contributed by atoms with Crippen molar-refractivity contribution in [1.29, 1.82) is 0 Å². The molecule has 230 valence electrons. The van der Waals surface area contributed by atoms with Crippen molar-refractivity contribution in [3.05, 3.63) is 36.0 Å². The van der Waals surface area contributed by atoms with Crippen LogP contribution < -0.4 is 0 Å². The summed E-state index contributed by atoms with van der Waals surface area (Å²) < 4.78 is 6.42. The number of esters is 1. The fourth-order valence-electron chi connectivity index (χ4n) is 12.5. The predicted molar refractivity (Wildman–Crippen MR) is 168 cm³/mol. The maximum atomic E-state index is 13.9. The van der Waals surface area contributed by atoms with Crippen molar-refractivity contribution in [2.24, 2.45) is 69.5 Å². The largest absolute Gasteiger partial charge is 0.461 e. The maximum Gasteiger partial charge on any atom is 0.317 e. The van der Waals surface area contributed by atoms with Gasteiger partial charge in [-0.3, -0.25) is 9.59 Å². The molecule has 0 aromatic rings. The van der Waals surface area contributed by atoms with Crippen molar-refractivity contribution in [3.8, 4) is 0 Å². The second kappa shape index (κ2) is 10.5. The predicted octanol–water partition coefficient (Wildman–Crippen LogP) is 9.28. The molecule has 0 radical (unpaired) electrons. The number of allylic oxidation sites excluding steroid dienone is 4. The second-order valence-electron chi connectivity index (χ2n) is 16.9. The quantitative estimate of drug-likeness (QED) is 0.226. The van der Waals surface area contributed by atoms with Crippen molar-refractivity contribution in [1.82, 2.24) is 0 Å². The van der Waals surface area contributed by atoms with Gasteiger partial charge in [0.1, 0.15) is 11.5 Å². The molecule has 8 aliphatic rings. The zero-order chi connectivity index (χ0) is 29.4. The van der Waals surface area contributed by atoms with Crippen LogP contribution in [0.1, 0.15) is 118 Å². The van der Waals surface area contributed by atoms with E-state index in [1.165, 1.54) is 51.4 Å². The van der Waals surface area contributed by atoms with E-state index in [2.05, 4.69) is 52.8 Å². The summed E-state index contributed by atoms with van der Waals surface area (Å²) in [5, 5.41) is 0. The molecule has 0 unspecified atom stereocenters. The SMILES string of the molecule is CC(C)CCC[C@@H](C)[C@H]1CC[C@H]2[C@@H]3CC=C4C[C@@H](OC(=O)[C@@]56C=CC(=O)[C@@H]5[C@H]5C=C[C@H]6CC5)CC[C@]4(C)[C@H]3CC[C@]12C. The highest BCUT2D eigenvalue weighted by atomic mass is 16.5. The molecular weight excluding hydrogens is 516 g/mol. The van der Waals surface area contributed by atoms with E-state index in [1.54, 1.807) is 11.6 Å². The molecule has 0 amide bonds. The zero-order valence-corrected chi connectivity index (χ0v) is 27.1. The van der Waals surface area contributed by atoms with Gasteiger partial charge in [-0.2, -0.15) is 0 Å². The normalized spacial score (nSPS) is 47.5. The first kappa shape index (κ1) is 29.1. The molecule has 4 fully saturated rings. The van der Waals surface area contributed by atoms with Crippen LogP contribution in [0.25, 0.3) is 0 Å². The third-order valence-electron chi connectivity index (χ3n) is 14.7. The number of ketones is 1. The van der Waals surface area contributed by atoms with Gasteiger partial charge >= 0.3 is 5.97 Å². The standard InChI is InChI=1S/C39H56O3/c1-24(2)7-6-8-25(3)31-15-16-32-30-14-13-28-23-29(17-20-37(28,4)33(30)18-21-38(31,32)5)42-36(41)39-22-19-34(40)35(39)26-9-11-27(39)12-10-26/h9,11,13,19,22,24-27,29-33,35H,6-8,10,12,14-18,20-21,23H2,1-5H3/t25-,26+,27+,29+,30+,31-,32+,33+,35+,37+,38-,39-/m1/s1. The molecule has 12 atom stereocenters. The molecule has 4 saturated carbocycles. The molecule has 0 spiro atoms. The summed E-state index contributed by atoms with van der Waals surface area (Å²) in [4.78, 5) is 26.8. The molecule has 8 rings (SSSR count). The molecule has 42 heavy (non-hydrogen) atoms. The van der Waals surface area contributed by atoms with Gasteiger partial charge in [0.25, 0.3) is 0 Å². The lowest BCUT2D eigenvalue weighted by Crippen LogP contribution is -2.53. The summed E-state index contributed by atoms with van der Waals surface area (Å²) in [7, 11) is 0. The number of ether oxygens (including phenoxy) is 1. The van der Waals surface area contributed by atoms with Crippen molar-refractivity contribution in [3.63, 3.8) is 0 Å². The van der Waals surface area contributed by atoms with Crippen LogP contribution in [0.4, 0.5) is 0 Å². The van der Waals surface area contributed by atoms with Gasteiger partial charge in [0.15, 0.2) is 5.78 Å². The maximum absolute atomic E-state index is 13.9. The minimum atomic E-state index is -0.750. The second-order valence-corrected chi connectivity index (χ2v) is 16.9. The Bertz CT molecular complexity index is 1190. The first-order chi connectivity index (χ1) is 20.1. The Hall–Kier alpha value is -1.64. The molecule has 0 heterocycles. The lowest BCUT2D eigenvalue weighted by molar-refractivity contribution is -0.171. The molecule has 0 aromatic carbocycles. The van der Waals surface area contributed by atoms with Gasteiger partial charge in [-0.25, -0.2) is 0 Å². The minimum absolute atomic E-state index is 0.0478. The molecule has 0 saturated heterocycles. The number of fused-ring (bicyclic) bond motifs is 6. The monoisotopic (exact) mass is 572 g/mol. The van der Waals surface area contributed by atoms with Gasteiger partial charge in [0.2, 0.25) is 0 Å². The number of carbonyl (C=O) groups is 2. The van der Waals surface area contributed by atoms with E-state index in [-0.39, 0.29) is 41.0 Å². The topological polar surface area (TPSA) is 43.4 Å². The molecule has 2 bridgehead atoms. The van der Waals surface area contributed by atoms with E-state index in [9.17, 15) is 9.59 Å². The lowest BCUT2D eigenvalue weighted by Gasteiger charge is -2.58. The molecule has 3 nitrogen and oxygen atoms in total. The van der Waals surface area contributed by atoms with Crippen molar-refractivity contribution < 1.29 is 14.3 Å². The van der Waals surface area contributed by atoms with E-state index in [0.29, 0.717) is 5.41 Å². The van der Waals surface area contributed by atoms with E-state index < -0.39 is 5.41 Å². The summed E-state index contributed by atoms with van der Waals surface area (Å²) in [5.41, 5.74) is 1.60. The Kier molecular flexibility index (Phi) is 7.26. The number of rotatable bonds is 7. The number of carbonyl (C=O) groups excluding carboxylic acids is 2. The molecule has 8 aliphatic carbocycles. The Balaban J connectivity index is 1.04. The Morgan fingerprint density at radius 3 is 2.57 bits per heavy atom. The van der Waals surface area contributed by atoms with Gasteiger partial charge in [0, 0.05) is 12.3 Å². The summed E-state index contributed by atoms with van der Waals surface area (Å²) in [5.74, 6) is 5.11. The first-order valence-electron chi connectivity index (χ1n) is 17.9. The van der Waals surface area contributed by atoms with Crippen LogP contribution in [0.2, 0.25) is 0 Å². The van der Waals surface area contributed by atoms with E-state index in [1.807, 2.05) is 6.08 Å². The minimum Gasteiger partial charge on any atom is -0.461 e. The van der Waals surface area contributed by atoms with Crippen molar-refractivity contribution in [2.45, 2.75) is 124 Å². The highest BCUT2D eigenvalue weighted by Gasteiger charge is 2.63. The lowest BCUT2D eigenvalue weighted by atomic mass is 9.47. The Morgan fingerprint density at radius 1 is 0.976 bits per heavy atom. The van der Waals surface area contributed by atoms with Crippen molar-refractivity contribution in [2.75, 3.05) is 0 Å². The average Bonchev–Trinajstić information content (AvgIpc) is 3.53. The van der Waals surface area contributed by atoms with E-state index >= 15 is 0 Å². The fraction of sp³-hybridized carbons (Fsp3) is 0.795. The van der Waals surface area contributed by atoms with Crippen LogP contribution in [0, 0.1) is 69.5 Å². The summed E-state index contributed by atoms with van der Waals surface area (Å²) in [6.07, 6.45) is 26.6. The van der Waals surface area contributed by atoms with Crippen LogP contribution in [-0.2, 0) is 14.3 Å². The smallest absolute Gasteiger partial charge is 0.317 e. The van der Waals surface area contributed by atoms with Crippen LogP contribution in [-0.4, -0.2) is 17.9 Å². The molecule has 3 heteroatoms. The summed E-state index contributed by atoms with van der Waals surface area (Å²) in [6, 6.07) is 0. The van der Waals surface area contributed by atoms with Gasteiger partial charge in [0.05, 0.1) is 0 Å². The van der Waals surface area contributed by atoms with Crippen molar-refractivity contribution >= 4 is 11.8 Å². The molecule has 0 aromatic heterocycles. The number of hydrogen-bond acceptors (Lipinski definition) is 3. The van der Waals surface area contributed by atoms with E-state index in [0.717, 1.165) is 67.6 Å². The number of hydrogen-bond donors (Lipinski definition) is 0. The highest BCUT2D eigenvalue weighted by Crippen LogP contribution is 2.67. The summed E-state index contributed by atoms with van der Waals surface area (Å²) >= 11 is 0. The van der Waals surface area contributed by atoms with Crippen LogP contribution in [0.15, 0.2) is 36.0 Å². The molecular formula is C39H56O3. The van der Waals surface area contributed by atoms with Crippen LogP contribution in [0.5, 0.6) is 0 Å². The van der Waals surface area contributed by atoms with Gasteiger partial charge in [-0.1, -0.05) is 83.8 Å². The highest BCUT2D eigenvalue weighted by molar-refractivity contribution is 6.02. The Labute approximate surface area is 255 Å². The van der Waals surface area contributed by atoms with Crippen LogP contribution >= 0.6 is 0 Å². The Morgan fingerprint density at radius 2 is 1.81 bits per heavy atom. The van der Waals surface area contributed by atoms with Gasteiger partial charge in [-0.05, 0) is 122 Å². The average molecular weight is 573 g/mol. The fourth-order valence-corrected chi connectivity index (χ4v) is 12.5. The molecule has 0 N–H and O–H groups in total. The third-order valence-corrected chi connectivity index (χ3v) is 14.7. The van der Waals surface area contributed by atoms with E-state index in [4.69, 9.17) is 4.74 Å². The van der Waals surface area contributed by atoms with Crippen LogP contribution in [0.3, 0.4) is 0 Å². The first-order valence-corrected chi connectivity index (χ1v) is 17.9. The van der Waals surface area contributed by atoms with Gasteiger partial charge < -0.3 is 4.74 Å². The zero-order valence-electron chi connectivity index (χ0n) is 27.1. The summed E-state index contributed by atoms with van der Waals surface area (Å²) in [6.45, 7) is 12.5.